The number of hydrogen-bond donors (Lipinski definition) is 2. The van der Waals surface area contributed by atoms with Crippen LogP contribution in [-0.2, 0) is 26.0 Å². The molecule has 2 aromatic carbocycles. The molecule has 2 N–H and O–H groups in total. The highest BCUT2D eigenvalue weighted by molar-refractivity contribution is 7.89. The molecule has 1 aliphatic heterocycles. The van der Waals surface area contributed by atoms with Gasteiger partial charge in [-0.1, -0.05) is 56.3 Å². The first-order valence-corrected chi connectivity index (χ1v) is 13.6. The molecule has 35 heavy (non-hydrogen) atoms. The van der Waals surface area contributed by atoms with Crippen LogP contribution in [0.1, 0.15) is 53.0 Å². The van der Waals surface area contributed by atoms with E-state index in [1.54, 1.807) is 12.1 Å². The lowest BCUT2D eigenvalue weighted by Crippen LogP contribution is -2.40. The second-order valence-corrected chi connectivity index (χ2v) is 11.5. The lowest BCUT2D eigenvalue weighted by Gasteiger charge is -2.24. The normalized spacial score (nSPS) is 16.9. The molecule has 0 aromatic heterocycles. The Balaban J connectivity index is 1.91. The molecule has 0 amide bonds. The van der Waals surface area contributed by atoms with Crippen molar-refractivity contribution in [3.63, 3.8) is 0 Å². The van der Waals surface area contributed by atoms with E-state index in [0.717, 1.165) is 36.2 Å². The quantitative estimate of drug-likeness (QED) is 0.497. The second-order valence-electron chi connectivity index (χ2n) is 9.84. The Morgan fingerprint density at radius 3 is 2.31 bits per heavy atom. The number of carbonyl (C=O) groups is 1. The fraction of sp³-hybridized carbons (Fsp3) is 0.444. The van der Waals surface area contributed by atoms with Crippen molar-refractivity contribution < 1.29 is 17.9 Å². The molecule has 1 unspecified atom stereocenters. The molecule has 0 spiro atoms. The summed E-state index contributed by atoms with van der Waals surface area (Å²) in [5, 5.41) is 2.11. The van der Waals surface area contributed by atoms with E-state index in [0.29, 0.717) is 17.6 Å². The minimum Gasteiger partial charge on any atom is -0.466 e. The summed E-state index contributed by atoms with van der Waals surface area (Å²) < 4.78 is 33.9. The molecule has 0 saturated heterocycles. The Morgan fingerprint density at radius 2 is 1.74 bits per heavy atom. The minimum absolute atomic E-state index is 0.0240. The van der Waals surface area contributed by atoms with Crippen LogP contribution in [-0.4, -0.2) is 44.6 Å². The van der Waals surface area contributed by atoms with E-state index in [1.165, 1.54) is 7.11 Å². The van der Waals surface area contributed by atoms with Gasteiger partial charge in [-0.05, 0) is 50.8 Å². The molecule has 0 radical (unpaired) electrons. The number of benzene rings is 2. The van der Waals surface area contributed by atoms with Gasteiger partial charge in [0.25, 0.3) is 0 Å². The summed E-state index contributed by atoms with van der Waals surface area (Å²) in [7, 11) is -2.28. The number of carbonyl (C=O) groups excluding carboxylic acids is 1. The van der Waals surface area contributed by atoms with Crippen molar-refractivity contribution in [2.45, 2.75) is 70.4 Å². The molecular weight excluding hydrogens is 462 g/mol. The zero-order valence-electron chi connectivity index (χ0n) is 21.5. The van der Waals surface area contributed by atoms with Crippen LogP contribution in [0.4, 0.5) is 0 Å². The topological polar surface area (TPSA) is 87.7 Å². The molecule has 190 valence electrons. The predicted octanol–water partition coefficient (Wildman–Crippen LogP) is 4.41. The Kier molecular flexibility index (Phi) is 8.41. The standard InChI is InChI=1S/C27H37N3O4S/c1-7-17-30-23(8-2)25(26(31)34-6)22(28-30)18-19-13-15-20(16-14-19)21-11-9-10-12-24(21)35(32,33)29-27(3,4)5/h9-16,23,28-29H,7-8,17-18H2,1-6H3. The van der Waals surface area contributed by atoms with Crippen molar-refractivity contribution in [3.05, 3.63) is 65.4 Å². The van der Waals surface area contributed by atoms with Crippen LogP contribution < -0.4 is 10.1 Å². The number of sulfonamides is 1. The highest BCUT2D eigenvalue weighted by Crippen LogP contribution is 2.30. The molecule has 1 heterocycles. The smallest absolute Gasteiger partial charge is 0.337 e. The van der Waals surface area contributed by atoms with Crippen molar-refractivity contribution >= 4 is 16.0 Å². The van der Waals surface area contributed by atoms with Crippen molar-refractivity contribution in [1.29, 1.82) is 0 Å². The number of ether oxygens (including phenoxy) is 1. The van der Waals surface area contributed by atoms with Crippen LogP contribution in [0.3, 0.4) is 0 Å². The van der Waals surface area contributed by atoms with E-state index in [2.05, 4.69) is 29.0 Å². The monoisotopic (exact) mass is 499 g/mol. The van der Waals surface area contributed by atoms with Crippen molar-refractivity contribution in [2.24, 2.45) is 0 Å². The van der Waals surface area contributed by atoms with Gasteiger partial charge in [-0.25, -0.2) is 22.9 Å². The number of rotatable bonds is 9. The van der Waals surface area contributed by atoms with E-state index in [1.807, 2.05) is 57.2 Å². The molecule has 7 nitrogen and oxygen atoms in total. The zero-order chi connectivity index (χ0) is 25.8. The van der Waals surface area contributed by atoms with Crippen LogP contribution >= 0.6 is 0 Å². The SMILES string of the molecule is CCCN1NC(Cc2ccc(-c3ccccc3S(=O)(=O)NC(C)(C)C)cc2)=C(C(=O)OC)C1CC. The molecule has 0 saturated carbocycles. The minimum atomic E-state index is -3.69. The second kappa shape index (κ2) is 10.9. The van der Waals surface area contributed by atoms with Gasteiger partial charge in [0.1, 0.15) is 0 Å². The van der Waals surface area contributed by atoms with Gasteiger partial charge in [0.15, 0.2) is 0 Å². The van der Waals surface area contributed by atoms with Gasteiger partial charge in [0.05, 0.1) is 23.6 Å². The largest absolute Gasteiger partial charge is 0.466 e. The number of hydrogen-bond acceptors (Lipinski definition) is 6. The van der Waals surface area contributed by atoms with E-state index in [4.69, 9.17) is 4.74 Å². The molecule has 1 aliphatic rings. The van der Waals surface area contributed by atoms with Crippen molar-refractivity contribution in [2.75, 3.05) is 13.7 Å². The molecule has 0 aliphatic carbocycles. The van der Waals surface area contributed by atoms with Gasteiger partial charge < -0.3 is 10.2 Å². The van der Waals surface area contributed by atoms with Gasteiger partial charge >= 0.3 is 5.97 Å². The van der Waals surface area contributed by atoms with E-state index >= 15 is 0 Å². The van der Waals surface area contributed by atoms with Gasteiger partial charge in [-0.3, -0.25) is 0 Å². The molecule has 3 rings (SSSR count). The fourth-order valence-electron chi connectivity index (χ4n) is 4.45. The summed E-state index contributed by atoms with van der Waals surface area (Å²) in [5.41, 5.74) is 6.83. The summed E-state index contributed by atoms with van der Waals surface area (Å²) >= 11 is 0. The number of nitrogens with one attached hydrogen (secondary N) is 2. The van der Waals surface area contributed by atoms with Crippen LogP contribution in [0.15, 0.2) is 64.7 Å². The van der Waals surface area contributed by atoms with Gasteiger partial charge in [-0.2, -0.15) is 0 Å². The van der Waals surface area contributed by atoms with Gasteiger partial charge in [-0.15, -0.1) is 0 Å². The summed E-state index contributed by atoms with van der Waals surface area (Å²) in [5.74, 6) is -0.306. The lowest BCUT2D eigenvalue weighted by molar-refractivity contribution is -0.136. The summed E-state index contributed by atoms with van der Waals surface area (Å²) in [6.07, 6.45) is 2.31. The van der Waals surface area contributed by atoms with E-state index in [9.17, 15) is 13.2 Å². The van der Waals surface area contributed by atoms with Crippen LogP contribution in [0.5, 0.6) is 0 Å². The summed E-state index contributed by atoms with van der Waals surface area (Å²) in [4.78, 5) is 12.8. The van der Waals surface area contributed by atoms with Crippen LogP contribution in [0, 0.1) is 0 Å². The lowest BCUT2D eigenvalue weighted by atomic mass is 9.98. The Hall–Kier alpha value is -2.68. The Morgan fingerprint density at radius 1 is 1.09 bits per heavy atom. The molecule has 8 heteroatoms. The molecular formula is C27H37N3O4S. The molecule has 0 bridgehead atoms. The average molecular weight is 500 g/mol. The number of allylic oxidation sites excluding steroid dienone is 1. The highest BCUT2D eigenvalue weighted by Gasteiger charge is 2.35. The van der Waals surface area contributed by atoms with Crippen molar-refractivity contribution in [1.82, 2.24) is 15.2 Å². The third-order valence-electron chi connectivity index (χ3n) is 5.83. The Bertz CT molecular complexity index is 1180. The van der Waals surface area contributed by atoms with Gasteiger partial charge in [0, 0.05) is 29.8 Å². The number of methoxy groups -OCH3 is 1. The first-order chi connectivity index (χ1) is 16.5. The average Bonchev–Trinajstić information content (AvgIpc) is 3.14. The predicted molar refractivity (Wildman–Crippen MR) is 139 cm³/mol. The maximum absolute atomic E-state index is 13.0. The molecule has 0 fully saturated rings. The third kappa shape index (κ3) is 6.31. The zero-order valence-corrected chi connectivity index (χ0v) is 22.3. The maximum atomic E-state index is 13.0. The van der Waals surface area contributed by atoms with Crippen molar-refractivity contribution in [3.8, 4) is 11.1 Å². The van der Waals surface area contributed by atoms with E-state index < -0.39 is 15.6 Å². The van der Waals surface area contributed by atoms with Crippen LogP contribution in [0.2, 0.25) is 0 Å². The molecule has 1 atom stereocenters. The maximum Gasteiger partial charge on any atom is 0.337 e. The first-order valence-electron chi connectivity index (χ1n) is 12.1. The third-order valence-corrected chi connectivity index (χ3v) is 7.65. The Labute approximate surface area is 209 Å². The number of hydrazine groups is 1. The highest BCUT2D eigenvalue weighted by atomic mass is 32.2. The van der Waals surface area contributed by atoms with E-state index in [-0.39, 0.29) is 16.9 Å². The number of nitrogens with zero attached hydrogens (tertiary/aromatic N) is 1. The summed E-state index contributed by atoms with van der Waals surface area (Å²) in [6.45, 7) is 10.5. The summed E-state index contributed by atoms with van der Waals surface area (Å²) in [6, 6.07) is 14.8. The van der Waals surface area contributed by atoms with Gasteiger partial charge in [0.2, 0.25) is 10.0 Å². The fourth-order valence-corrected chi connectivity index (χ4v) is 6.10. The van der Waals surface area contributed by atoms with Crippen LogP contribution in [0.25, 0.3) is 11.1 Å². The first kappa shape index (κ1) is 26.9. The molecule has 2 aromatic rings. The number of esters is 1.